The second-order valence-electron chi connectivity index (χ2n) is 6.82. The van der Waals surface area contributed by atoms with Gasteiger partial charge < -0.3 is 20.1 Å². The van der Waals surface area contributed by atoms with Gasteiger partial charge in [0, 0.05) is 27.7 Å². The maximum absolute atomic E-state index is 12.5. The number of methoxy groups -OCH3 is 2. The second kappa shape index (κ2) is 9.13. The Bertz CT molecular complexity index is 1270. The van der Waals surface area contributed by atoms with Crippen molar-refractivity contribution in [2.75, 3.05) is 24.9 Å². The molecule has 0 aliphatic carbocycles. The molecule has 0 saturated heterocycles. The first kappa shape index (κ1) is 20.8. The molecule has 0 radical (unpaired) electrons. The number of hydrogen-bond acceptors (Lipinski definition) is 7. The van der Waals surface area contributed by atoms with Gasteiger partial charge in [-0.25, -0.2) is 4.79 Å². The van der Waals surface area contributed by atoms with Crippen LogP contribution in [-0.2, 0) is 4.74 Å². The number of ether oxygens (including phenoxy) is 2. The van der Waals surface area contributed by atoms with Crippen LogP contribution in [0.2, 0.25) is 0 Å². The van der Waals surface area contributed by atoms with Crippen LogP contribution in [0.15, 0.2) is 72.8 Å². The number of anilines is 3. The van der Waals surface area contributed by atoms with Crippen LogP contribution in [0.5, 0.6) is 5.75 Å². The van der Waals surface area contributed by atoms with E-state index in [4.69, 9.17) is 9.47 Å². The van der Waals surface area contributed by atoms with Crippen LogP contribution in [0.3, 0.4) is 0 Å². The number of hydrogen-bond donors (Lipinski definition) is 2. The fourth-order valence-corrected chi connectivity index (χ4v) is 3.16. The zero-order valence-electron chi connectivity index (χ0n) is 17.5. The van der Waals surface area contributed by atoms with Gasteiger partial charge >= 0.3 is 5.97 Å². The SMILES string of the molecule is COC(=O)c1nnc(Nc2ccc(C(=O)Nc3ccc(OC)cc3)cc2)c2ccccc12. The third kappa shape index (κ3) is 4.34. The Hall–Kier alpha value is -4.46. The lowest BCUT2D eigenvalue weighted by molar-refractivity contribution is 0.0595. The number of aromatic nitrogens is 2. The van der Waals surface area contributed by atoms with Gasteiger partial charge in [-0.1, -0.05) is 24.3 Å². The minimum Gasteiger partial charge on any atom is -0.497 e. The second-order valence-corrected chi connectivity index (χ2v) is 6.82. The van der Waals surface area contributed by atoms with Crippen molar-refractivity contribution in [3.63, 3.8) is 0 Å². The number of nitrogens with one attached hydrogen (secondary N) is 2. The third-order valence-corrected chi connectivity index (χ3v) is 4.82. The van der Waals surface area contributed by atoms with E-state index in [2.05, 4.69) is 20.8 Å². The maximum atomic E-state index is 12.5. The standard InChI is InChI=1S/C24H20N4O4/c1-31-18-13-11-17(12-14-18)26-23(29)15-7-9-16(10-8-15)25-22-20-6-4-3-5-19(20)21(27-28-22)24(30)32-2/h3-14H,1-2H3,(H,25,28)(H,26,29). The van der Waals surface area contributed by atoms with E-state index in [0.29, 0.717) is 28.2 Å². The highest BCUT2D eigenvalue weighted by molar-refractivity contribution is 6.06. The van der Waals surface area contributed by atoms with Crippen LogP contribution >= 0.6 is 0 Å². The summed E-state index contributed by atoms with van der Waals surface area (Å²) in [5, 5.41) is 15.6. The topological polar surface area (TPSA) is 102 Å². The number of benzene rings is 3. The van der Waals surface area contributed by atoms with Crippen LogP contribution < -0.4 is 15.4 Å². The third-order valence-electron chi connectivity index (χ3n) is 4.82. The quantitative estimate of drug-likeness (QED) is 0.438. The monoisotopic (exact) mass is 428 g/mol. The van der Waals surface area contributed by atoms with Crippen molar-refractivity contribution in [3.8, 4) is 5.75 Å². The predicted octanol–water partition coefficient (Wildman–Crippen LogP) is 4.42. The van der Waals surface area contributed by atoms with Crippen LogP contribution in [0.4, 0.5) is 17.2 Å². The molecule has 3 aromatic carbocycles. The normalized spacial score (nSPS) is 10.4. The molecule has 2 N–H and O–H groups in total. The van der Waals surface area contributed by atoms with E-state index < -0.39 is 5.97 Å². The minimum absolute atomic E-state index is 0.152. The molecule has 4 aromatic rings. The average molecular weight is 428 g/mol. The molecule has 8 heteroatoms. The van der Waals surface area contributed by atoms with Crippen LogP contribution in [-0.4, -0.2) is 36.3 Å². The lowest BCUT2D eigenvalue weighted by atomic mass is 10.1. The van der Waals surface area contributed by atoms with E-state index in [9.17, 15) is 9.59 Å². The largest absolute Gasteiger partial charge is 0.497 e. The van der Waals surface area contributed by atoms with E-state index in [1.54, 1.807) is 61.7 Å². The summed E-state index contributed by atoms with van der Waals surface area (Å²) < 4.78 is 9.91. The number of carbonyl (C=O) groups excluding carboxylic acids is 2. The van der Waals surface area contributed by atoms with E-state index >= 15 is 0 Å². The predicted molar refractivity (Wildman–Crippen MR) is 122 cm³/mol. The summed E-state index contributed by atoms with van der Waals surface area (Å²) in [4.78, 5) is 24.5. The molecule has 0 atom stereocenters. The number of fused-ring (bicyclic) bond motifs is 1. The number of nitrogens with zero attached hydrogens (tertiary/aromatic N) is 2. The molecule has 1 amide bonds. The highest BCUT2D eigenvalue weighted by Gasteiger charge is 2.16. The molecule has 32 heavy (non-hydrogen) atoms. The number of esters is 1. The molecule has 1 heterocycles. The van der Waals surface area contributed by atoms with Crippen molar-refractivity contribution in [1.29, 1.82) is 0 Å². The van der Waals surface area contributed by atoms with Crippen molar-refractivity contribution in [2.45, 2.75) is 0 Å². The fraction of sp³-hybridized carbons (Fsp3) is 0.0833. The smallest absolute Gasteiger partial charge is 0.359 e. The molecule has 0 spiro atoms. The van der Waals surface area contributed by atoms with Gasteiger partial charge in [-0.05, 0) is 48.5 Å². The van der Waals surface area contributed by atoms with Crippen LogP contribution in [0.1, 0.15) is 20.8 Å². The first-order chi connectivity index (χ1) is 15.6. The zero-order chi connectivity index (χ0) is 22.5. The molecule has 0 aliphatic rings. The van der Waals surface area contributed by atoms with E-state index in [1.807, 2.05) is 18.2 Å². The van der Waals surface area contributed by atoms with Gasteiger partial charge in [-0.15, -0.1) is 10.2 Å². The van der Waals surface area contributed by atoms with Gasteiger partial charge in [0.25, 0.3) is 5.91 Å². The molecule has 8 nitrogen and oxygen atoms in total. The highest BCUT2D eigenvalue weighted by atomic mass is 16.5. The first-order valence-electron chi connectivity index (χ1n) is 9.75. The van der Waals surface area contributed by atoms with Crippen molar-refractivity contribution in [2.24, 2.45) is 0 Å². The summed E-state index contributed by atoms with van der Waals surface area (Å²) >= 11 is 0. The summed E-state index contributed by atoms with van der Waals surface area (Å²) in [5.41, 5.74) is 2.05. The van der Waals surface area contributed by atoms with E-state index in [1.165, 1.54) is 7.11 Å². The van der Waals surface area contributed by atoms with Gasteiger partial charge in [-0.2, -0.15) is 0 Å². The molecule has 0 fully saturated rings. The lowest BCUT2D eigenvalue weighted by Crippen LogP contribution is -2.11. The Morgan fingerprint density at radius 3 is 2.09 bits per heavy atom. The van der Waals surface area contributed by atoms with Crippen molar-refractivity contribution < 1.29 is 19.1 Å². The van der Waals surface area contributed by atoms with Gasteiger partial charge in [0.05, 0.1) is 14.2 Å². The van der Waals surface area contributed by atoms with Crippen molar-refractivity contribution in [3.05, 3.63) is 84.1 Å². The molecule has 160 valence electrons. The molecule has 0 aliphatic heterocycles. The van der Waals surface area contributed by atoms with Gasteiger partial charge in [0.2, 0.25) is 0 Å². The Labute approximate surface area is 184 Å². The van der Waals surface area contributed by atoms with Crippen molar-refractivity contribution >= 4 is 39.8 Å². The minimum atomic E-state index is -0.549. The number of carbonyl (C=O) groups is 2. The molecule has 0 unspecified atom stereocenters. The summed E-state index contributed by atoms with van der Waals surface area (Å²) in [5.74, 6) is 0.430. The molecule has 4 rings (SSSR count). The Kier molecular flexibility index (Phi) is 5.94. The Morgan fingerprint density at radius 1 is 0.781 bits per heavy atom. The van der Waals surface area contributed by atoms with Gasteiger partial charge in [0.1, 0.15) is 5.75 Å². The van der Waals surface area contributed by atoms with E-state index in [0.717, 1.165) is 11.1 Å². The lowest BCUT2D eigenvalue weighted by Gasteiger charge is -2.11. The average Bonchev–Trinajstić information content (AvgIpc) is 2.84. The Balaban J connectivity index is 1.52. The van der Waals surface area contributed by atoms with Crippen molar-refractivity contribution in [1.82, 2.24) is 10.2 Å². The number of rotatable bonds is 6. The number of amides is 1. The molecule has 0 saturated carbocycles. The van der Waals surface area contributed by atoms with Gasteiger partial charge in [-0.3, -0.25) is 4.79 Å². The summed E-state index contributed by atoms with van der Waals surface area (Å²) in [7, 11) is 2.89. The van der Waals surface area contributed by atoms with Gasteiger partial charge in [0.15, 0.2) is 11.5 Å². The fourth-order valence-electron chi connectivity index (χ4n) is 3.16. The zero-order valence-corrected chi connectivity index (χ0v) is 17.5. The summed E-state index contributed by atoms with van der Waals surface area (Å²) in [6, 6.07) is 21.4. The summed E-state index contributed by atoms with van der Waals surface area (Å²) in [6.45, 7) is 0. The van der Waals surface area contributed by atoms with Crippen LogP contribution in [0, 0.1) is 0 Å². The molecule has 1 aromatic heterocycles. The Morgan fingerprint density at radius 2 is 1.44 bits per heavy atom. The highest BCUT2D eigenvalue weighted by Crippen LogP contribution is 2.26. The summed E-state index contributed by atoms with van der Waals surface area (Å²) in [6.07, 6.45) is 0. The van der Waals surface area contributed by atoms with Crippen LogP contribution in [0.25, 0.3) is 10.8 Å². The molecule has 0 bridgehead atoms. The first-order valence-corrected chi connectivity index (χ1v) is 9.75. The molecular weight excluding hydrogens is 408 g/mol. The molecular formula is C24H20N4O4. The van der Waals surface area contributed by atoms with E-state index in [-0.39, 0.29) is 11.6 Å². The maximum Gasteiger partial charge on any atom is 0.359 e.